The predicted molar refractivity (Wildman–Crippen MR) is 79.6 cm³/mol. The summed E-state index contributed by atoms with van der Waals surface area (Å²) in [5.74, 6) is 1.81. The predicted octanol–water partition coefficient (Wildman–Crippen LogP) is 3.02. The Morgan fingerprint density at radius 2 is 1.75 bits per heavy atom. The number of hydrogen-bond acceptors (Lipinski definition) is 2. The molecule has 20 heavy (non-hydrogen) atoms. The fourth-order valence-electron chi connectivity index (χ4n) is 2.57. The Balaban J connectivity index is 2.00. The maximum absolute atomic E-state index is 5.46. The smallest absolute Gasteiger partial charge is 0.205 e. The maximum atomic E-state index is 5.46. The Labute approximate surface area is 119 Å². The summed E-state index contributed by atoms with van der Waals surface area (Å²) in [5.41, 5.74) is 3.69. The number of benzene rings is 2. The van der Waals surface area contributed by atoms with Gasteiger partial charge >= 0.3 is 0 Å². The lowest BCUT2D eigenvalue weighted by molar-refractivity contribution is -0.436. The first-order valence-electron chi connectivity index (χ1n) is 6.73. The molecule has 2 aromatic carbocycles. The van der Waals surface area contributed by atoms with Crippen LogP contribution in [0.25, 0.3) is 0 Å². The zero-order valence-corrected chi connectivity index (χ0v) is 11.8. The number of methoxy groups -OCH3 is 2. The van der Waals surface area contributed by atoms with Gasteiger partial charge in [0.15, 0.2) is 12.8 Å². The van der Waals surface area contributed by atoms with Crippen LogP contribution in [0.2, 0.25) is 0 Å². The molecule has 0 saturated carbocycles. The van der Waals surface area contributed by atoms with Crippen molar-refractivity contribution in [2.24, 2.45) is 0 Å². The lowest BCUT2D eigenvalue weighted by Crippen LogP contribution is -2.19. The van der Waals surface area contributed by atoms with Gasteiger partial charge in [0.2, 0.25) is 5.69 Å². The van der Waals surface area contributed by atoms with Gasteiger partial charge in [-0.15, -0.1) is 0 Å². The zero-order chi connectivity index (χ0) is 13.9. The molecule has 1 aliphatic heterocycles. The highest BCUT2D eigenvalue weighted by Gasteiger charge is 2.20. The van der Waals surface area contributed by atoms with E-state index in [2.05, 4.69) is 35.1 Å². The van der Waals surface area contributed by atoms with E-state index in [4.69, 9.17) is 9.47 Å². The molecule has 0 aromatic heterocycles. The second-order valence-corrected chi connectivity index (χ2v) is 4.80. The molecule has 0 spiro atoms. The molecule has 0 bridgehead atoms. The molecule has 3 heteroatoms. The van der Waals surface area contributed by atoms with E-state index in [9.17, 15) is 0 Å². The maximum Gasteiger partial charge on any atom is 0.205 e. The van der Waals surface area contributed by atoms with Crippen molar-refractivity contribution in [1.29, 1.82) is 0 Å². The van der Waals surface area contributed by atoms with E-state index in [0.29, 0.717) is 0 Å². The van der Waals surface area contributed by atoms with Crippen LogP contribution in [0.4, 0.5) is 5.69 Å². The number of fused-ring (bicyclic) bond motifs is 1. The molecule has 2 aromatic rings. The minimum absolute atomic E-state index is 0.878. The summed E-state index contributed by atoms with van der Waals surface area (Å²) in [6, 6.07) is 14.4. The molecule has 3 nitrogen and oxygen atoms in total. The lowest BCUT2D eigenvalue weighted by Gasteiger charge is -2.14. The summed E-state index contributed by atoms with van der Waals surface area (Å²) < 4.78 is 12.9. The fraction of sp³-hybridized carbons (Fsp3) is 0.235. The zero-order valence-electron chi connectivity index (χ0n) is 11.8. The molecule has 1 aliphatic rings. The first-order valence-corrected chi connectivity index (χ1v) is 6.73. The first kappa shape index (κ1) is 12.7. The SMILES string of the molecule is COc1ccc([N+]2=Cc3c(cccc3OC)CC2)cc1. The van der Waals surface area contributed by atoms with Crippen LogP contribution in [-0.2, 0) is 6.42 Å². The topological polar surface area (TPSA) is 21.5 Å². The number of nitrogens with zero attached hydrogens (tertiary/aromatic N) is 1. The van der Waals surface area contributed by atoms with Gasteiger partial charge in [0.1, 0.15) is 11.5 Å². The van der Waals surface area contributed by atoms with Crippen LogP contribution in [0.1, 0.15) is 11.1 Å². The Morgan fingerprint density at radius 1 is 0.950 bits per heavy atom. The van der Waals surface area contributed by atoms with Crippen molar-refractivity contribution in [1.82, 2.24) is 0 Å². The average molecular weight is 268 g/mol. The second-order valence-electron chi connectivity index (χ2n) is 4.80. The van der Waals surface area contributed by atoms with Gasteiger partial charge in [0, 0.05) is 18.6 Å². The van der Waals surface area contributed by atoms with Crippen molar-refractivity contribution in [2.75, 3.05) is 20.8 Å². The minimum atomic E-state index is 0.878. The van der Waals surface area contributed by atoms with Gasteiger partial charge in [-0.1, -0.05) is 12.1 Å². The highest BCUT2D eigenvalue weighted by Crippen LogP contribution is 2.26. The molecule has 0 radical (unpaired) electrons. The molecule has 1 heterocycles. The third-order valence-electron chi connectivity index (χ3n) is 3.69. The van der Waals surface area contributed by atoms with Crippen LogP contribution in [0.5, 0.6) is 11.5 Å². The van der Waals surface area contributed by atoms with Crippen molar-refractivity contribution in [3.05, 3.63) is 53.6 Å². The van der Waals surface area contributed by atoms with E-state index in [1.54, 1.807) is 14.2 Å². The van der Waals surface area contributed by atoms with Crippen LogP contribution < -0.4 is 9.47 Å². The van der Waals surface area contributed by atoms with Crippen molar-refractivity contribution in [3.63, 3.8) is 0 Å². The average Bonchev–Trinajstić information content (AvgIpc) is 2.54. The van der Waals surface area contributed by atoms with E-state index in [1.165, 1.54) is 16.8 Å². The lowest BCUT2D eigenvalue weighted by atomic mass is 10.0. The van der Waals surface area contributed by atoms with E-state index >= 15 is 0 Å². The first-order chi connectivity index (χ1) is 9.81. The summed E-state index contributed by atoms with van der Waals surface area (Å²) in [4.78, 5) is 0. The van der Waals surface area contributed by atoms with Crippen molar-refractivity contribution in [2.45, 2.75) is 6.42 Å². The van der Waals surface area contributed by atoms with Gasteiger partial charge in [-0.05, 0) is 23.8 Å². The molecule has 0 unspecified atom stereocenters. The third-order valence-corrected chi connectivity index (χ3v) is 3.69. The van der Waals surface area contributed by atoms with Gasteiger partial charge in [-0.25, -0.2) is 0 Å². The van der Waals surface area contributed by atoms with Gasteiger partial charge < -0.3 is 9.47 Å². The largest absolute Gasteiger partial charge is 0.497 e. The third kappa shape index (κ3) is 2.27. The standard InChI is InChI=1S/C17H18NO2/c1-19-15-8-6-14(7-9-15)18-11-10-13-4-3-5-17(20-2)16(13)12-18/h3-9,12H,10-11H2,1-2H3/q+1. The summed E-state index contributed by atoms with van der Waals surface area (Å²) in [5, 5.41) is 0. The van der Waals surface area contributed by atoms with Crippen LogP contribution >= 0.6 is 0 Å². The van der Waals surface area contributed by atoms with Crippen molar-refractivity contribution >= 4 is 11.9 Å². The molecule has 0 aliphatic carbocycles. The molecular weight excluding hydrogens is 250 g/mol. The monoisotopic (exact) mass is 268 g/mol. The summed E-state index contributed by atoms with van der Waals surface area (Å²) in [6.45, 7) is 0.979. The molecular formula is C17H18NO2+. The number of ether oxygens (including phenoxy) is 2. The minimum Gasteiger partial charge on any atom is -0.497 e. The van der Waals surface area contributed by atoms with E-state index in [-0.39, 0.29) is 0 Å². The number of hydrogen-bond donors (Lipinski definition) is 0. The Hall–Kier alpha value is -2.29. The highest BCUT2D eigenvalue weighted by atomic mass is 16.5. The van der Waals surface area contributed by atoms with E-state index in [1.807, 2.05) is 18.2 Å². The van der Waals surface area contributed by atoms with Crippen molar-refractivity contribution in [3.8, 4) is 11.5 Å². The van der Waals surface area contributed by atoms with Crippen LogP contribution in [0.15, 0.2) is 42.5 Å². The van der Waals surface area contributed by atoms with Crippen LogP contribution in [0, 0.1) is 0 Å². The normalized spacial score (nSPS) is 13.4. The Morgan fingerprint density at radius 3 is 2.45 bits per heavy atom. The van der Waals surface area contributed by atoms with Crippen LogP contribution in [-0.4, -0.2) is 31.6 Å². The van der Waals surface area contributed by atoms with Crippen LogP contribution in [0.3, 0.4) is 0 Å². The van der Waals surface area contributed by atoms with Gasteiger partial charge in [-0.3, -0.25) is 0 Å². The Kier molecular flexibility index (Phi) is 3.42. The quantitative estimate of drug-likeness (QED) is 0.798. The second kappa shape index (κ2) is 5.37. The molecule has 0 saturated heterocycles. The van der Waals surface area contributed by atoms with Gasteiger partial charge in [0.05, 0.1) is 19.8 Å². The van der Waals surface area contributed by atoms with Gasteiger partial charge in [-0.2, -0.15) is 4.58 Å². The molecule has 0 atom stereocenters. The van der Waals surface area contributed by atoms with E-state index < -0.39 is 0 Å². The molecule has 0 amide bonds. The molecule has 3 rings (SSSR count). The fourth-order valence-corrected chi connectivity index (χ4v) is 2.57. The van der Waals surface area contributed by atoms with Crippen molar-refractivity contribution < 1.29 is 14.0 Å². The summed E-state index contributed by atoms with van der Waals surface area (Å²) in [7, 11) is 3.40. The molecule has 0 fully saturated rings. The summed E-state index contributed by atoms with van der Waals surface area (Å²) in [6.07, 6.45) is 3.19. The highest BCUT2D eigenvalue weighted by molar-refractivity contribution is 5.83. The Bertz CT molecular complexity index is 645. The number of rotatable bonds is 3. The summed E-state index contributed by atoms with van der Waals surface area (Å²) >= 11 is 0. The molecule has 0 N–H and O–H groups in total. The van der Waals surface area contributed by atoms with E-state index in [0.717, 1.165) is 24.5 Å². The van der Waals surface area contributed by atoms with Gasteiger partial charge in [0.25, 0.3) is 0 Å². The molecule has 102 valence electrons.